The summed E-state index contributed by atoms with van der Waals surface area (Å²) in [5.41, 5.74) is 2.57. The molecule has 0 unspecified atom stereocenters. The minimum atomic E-state index is 0.0375. The summed E-state index contributed by atoms with van der Waals surface area (Å²) in [4.78, 5) is 11.3. The van der Waals surface area contributed by atoms with Crippen molar-refractivity contribution >= 4 is 32.7 Å². The van der Waals surface area contributed by atoms with E-state index in [0.717, 1.165) is 26.8 Å². The van der Waals surface area contributed by atoms with Gasteiger partial charge in [-0.3, -0.25) is 4.79 Å². The summed E-state index contributed by atoms with van der Waals surface area (Å²) < 4.78 is 6.40. The summed E-state index contributed by atoms with van der Waals surface area (Å²) >= 11 is 3.40. The van der Waals surface area contributed by atoms with Gasteiger partial charge in [-0.25, -0.2) is 0 Å². The van der Waals surface area contributed by atoms with Gasteiger partial charge in [0.2, 0.25) is 0 Å². The highest BCUT2D eigenvalue weighted by molar-refractivity contribution is 9.10. The first-order valence-corrected chi connectivity index (χ1v) is 5.50. The lowest BCUT2D eigenvalue weighted by Gasteiger charge is -1.99. The SMILES string of the molecule is CC(=O)c1cc2oc(C)c(C)c2cc1Br. The van der Waals surface area contributed by atoms with Crippen LogP contribution in [0.15, 0.2) is 21.0 Å². The molecule has 0 amide bonds. The summed E-state index contributed by atoms with van der Waals surface area (Å²) in [5, 5.41) is 1.06. The molecule has 3 heteroatoms. The number of carbonyl (C=O) groups excluding carboxylic acids is 1. The van der Waals surface area contributed by atoms with E-state index < -0.39 is 0 Å². The van der Waals surface area contributed by atoms with Crippen molar-refractivity contribution in [2.75, 3.05) is 0 Å². The molecule has 0 spiro atoms. The zero-order valence-electron chi connectivity index (χ0n) is 8.85. The summed E-state index contributed by atoms with van der Waals surface area (Å²) in [6.07, 6.45) is 0. The highest BCUT2D eigenvalue weighted by Gasteiger charge is 2.12. The van der Waals surface area contributed by atoms with Crippen LogP contribution < -0.4 is 0 Å². The molecule has 2 rings (SSSR count). The van der Waals surface area contributed by atoms with E-state index in [0.29, 0.717) is 5.56 Å². The van der Waals surface area contributed by atoms with Gasteiger partial charge in [-0.05, 0) is 38.5 Å². The monoisotopic (exact) mass is 266 g/mol. The third-order valence-corrected chi connectivity index (χ3v) is 3.30. The maximum absolute atomic E-state index is 11.3. The second-order valence-corrected chi connectivity index (χ2v) is 4.52. The molecular weight excluding hydrogens is 256 g/mol. The highest BCUT2D eigenvalue weighted by Crippen LogP contribution is 2.30. The fraction of sp³-hybridized carbons (Fsp3) is 0.250. The number of fused-ring (bicyclic) bond motifs is 1. The number of hydrogen-bond acceptors (Lipinski definition) is 2. The Hall–Kier alpha value is -1.09. The number of ketones is 1. The Morgan fingerprint density at radius 1 is 1.33 bits per heavy atom. The van der Waals surface area contributed by atoms with E-state index >= 15 is 0 Å². The van der Waals surface area contributed by atoms with Crippen molar-refractivity contribution in [1.82, 2.24) is 0 Å². The van der Waals surface area contributed by atoms with Gasteiger partial charge < -0.3 is 4.42 Å². The maximum atomic E-state index is 11.3. The number of benzene rings is 1. The van der Waals surface area contributed by atoms with Crippen LogP contribution in [0.1, 0.15) is 28.6 Å². The number of aryl methyl sites for hydroxylation is 2. The van der Waals surface area contributed by atoms with E-state index in [9.17, 15) is 4.79 Å². The average Bonchev–Trinajstić information content (AvgIpc) is 2.43. The minimum Gasteiger partial charge on any atom is -0.461 e. The van der Waals surface area contributed by atoms with Crippen molar-refractivity contribution < 1.29 is 9.21 Å². The molecule has 2 nitrogen and oxygen atoms in total. The van der Waals surface area contributed by atoms with Gasteiger partial charge in [0.1, 0.15) is 11.3 Å². The van der Waals surface area contributed by atoms with E-state index in [1.807, 2.05) is 19.9 Å². The number of Topliss-reactive ketones (excluding diaryl/α,β-unsaturated/α-hetero) is 1. The minimum absolute atomic E-state index is 0.0375. The Bertz CT molecular complexity index is 552. The lowest BCUT2D eigenvalue weighted by atomic mass is 10.1. The number of hydrogen-bond donors (Lipinski definition) is 0. The number of rotatable bonds is 1. The molecule has 0 atom stereocenters. The number of carbonyl (C=O) groups is 1. The maximum Gasteiger partial charge on any atom is 0.161 e. The van der Waals surface area contributed by atoms with E-state index in [1.54, 1.807) is 13.0 Å². The normalized spacial score (nSPS) is 10.9. The van der Waals surface area contributed by atoms with Crippen molar-refractivity contribution in [2.24, 2.45) is 0 Å². The predicted octanol–water partition coefficient (Wildman–Crippen LogP) is 4.01. The highest BCUT2D eigenvalue weighted by atomic mass is 79.9. The molecule has 0 bridgehead atoms. The van der Waals surface area contributed by atoms with Crippen LogP contribution in [0.25, 0.3) is 11.0 Å². The molecule has 0 aliphatic carbocycles. The van der Waals surface area contributed by atoms with Crippen LogP contribution in [0.4, 0.5) is 0 Å². The van der Waals surface area contributed by atoms with Crippen molar-refractivity contribution in [3.05, 3.63) is 33.5 Å². The topological polar surface area (TPSA) is 30.2 Å². The smallest absolute Gasteiger partial charge is 0.161 e. The van der Waals surface area contributed by atoms with Gasteiger partial charge in [-0.1, -0.05) is 15.9 Å². The molecule has 0 radical (unpaired) electrons. The first-order chi connectivity index (χ1) is 7.00. The predicted molar refractivity (Wildman–Crippen MR) is 63.4 cm³/mol. The second-order valence-electron chi connectivity index (χ2n) is 3.67. The Morgan fingerprint density at radius 3 is 2.60 bits per heavy atom. The molecule has 1 aromatic carbocycles. The van der Waals surface area contributed by atoms with Gasteiger partial charge >= 0.3 is 0 Å². The summed E-state index contributed by atoms with van der Waals surface area (Å²) in [5.74, 6) is 0.938. The number of halogens is 1. The molecule has 0 saturated heterocycles. The van der Waals surface area contributed by atoms with Crippen LogP contribution >= 0.6 is 15.9 Å². The number of furan rings is 1. The zero-order chi connectivity index (χ0) is 11.2. The lowest BCUT2D eigenvalue weighted by Crippen LogP contribution is -1.92. The van der Waals surface area contributed by atoms with Gasteiger partial charge in [0.05, 0.1) is 0 Å². The third-order valence-electron chi connectivity index (χ3n) is 2.64. The molecule has 2 aromatic rings. The fourth-order valence-electron chi connectivity index (χ4n) is 1.63. The summed E-state index contributed by atoms with van der Waals surface area (Å²) in [6.45, 7) is 5.49. The molecular formula is C12H11BrO2. The molecule has 0 saturated carbocycles. The quantitative estimate of drug-likeness (QED) is 0.730. The Balaban J connectivity index is 2.82. The molecule has 1 heterocycles. The van der Waals surface area contributed by atoms with Gasteiger partial charge in [-0.2, -0.15) is 0 Å². The van der Waals surface area contributed by atoms with Gasteiger partial charge in [-0.15, -0.1) is 0 Å². The third kappa shape index (κ3) is 1.61. The first-order valence-electron chi connectivity index (χ1n) is 4.71. The van der Waals surface area contributed by atoms with Gasteiger partial charge in [0.25, 0.3) is 0 Å². The molecule has 1 aromatic heterocycles. The average molecular weight is 267 g/mol. The van der Waals surface area contributed by atoms with E-state index in [2.05, 4.69) is 15.9 Å². The molecule has 0 fully saturated rings. The summed E-state index contributed by atoms with van der Waals surface area (Å²) in [6, 6.07) is 3.74. The summed E-state index contributed by atoms with van der Waals surface area (Å²) in [7, 11) is 0. The Kier molecular flexibility index (Phi) is 2.43. The van der Waals surface area contributed by atoms with Crippen LogP contribution in [-0.2, 0) is 0 Å². The Labute approximate surface area is 96.4 Å². The van der Waals surface area contributed by atoms with E-state index in [-0.39, 0.29) is 5.78 Å². The zero-order valence-corrected chi connectivity index (χ0v) is 10.4. The van der Waals surface area contributed by atoms with Crippen LogP contribution in [0, 0.1) is 13.8 Å². The molecule has 0 aliphatic heterocycles. The van der Waals surface area contributed by atoms with Crippen molar-refractivity contribution in [3.8, 4) is 0 Å². The molecule has 0 aliphatic rings. The van der Waals surface area contributed by atoms with Gasteiger partial charge in [0.15, 0.2) is 5.78 Å². The first kappa shape index (κ1) is 10.4. The fourth-order valence-corrected chi connectivity index (χ4v) is 2.25. The standard InChI is InChI=1S/C12H11BrO2/c1-6-8(3)15-12-5-10(7(2)14)11(13)4-9(6)12/h4-5H,1-3H3. The largest absolute Gasteiger partial charge is 0.461 e. The van der Waals surface area contributed by atoms with Crippen molar-refractivity contribution in [1.29, 1.82) is 0 Å². The second kappa shape index (κ2) is 3.49. The Morgan fingerprint density at radius 2 is 2.00 bits per heavy atom. The van der Waals surface area contributed by atoms with Crippen LogP contribution in [0.5, 0.6) is 0 Å². The molecule has 78 valence electrons. The van der Waals surface area contributed by atoms with Crippen LogP contribution in [0.3, 0.4) is 0 Å². The van der Waals surface area contributed by atoms with Crippen LogP contribution in [-0.4, -0.2) is 5.78 Å². The van der Waals surface area contributed by atoms with E-state index in [4.69, 9.17) is 4.42 Å². The van der Waals surface area contributed by atoms with Crippen molar-refractivity contribution in [2.45, 2.75) is 20.8 Å². The van der Waals surface area contributed by atoms with Crippen LogP contribution in [0.2, 0.25) is 0 Å². The van der Waals surface area contributed by atoms with E-state index in [1.165, 1.54) is 0 Å². The molecule has 0 N–H and O–H groups in total. The van der Waals surface area contributed by atoms with Crippen molar-refractivity contribution in [3.63, 3.8) is 0 Å². The lowest BCUT2D eigenvalue weighted by molar-refractivity contribution is 0.101. The van der Waals surface area contributed by atoms with Gasteiger partial charge in [0, 0.05) is 15.4 Å². The molecule has 15 heavy (non-hydrogen) atoms.